The molecular formula is C30H50O4. The van der Waals surface area contributed by atoms with Crippen LogP contribution in [0.15, 0.2) is 0 Å². The molecule has 5 rings (SSSR count). The third kappa shape index (κ3) is 2.82. The van der Waals surface area contributed by atoms with Crippen LogP contribution in [0.25, 0.3) is 0 Å². The van der Waals surface area contributed by atoms with E-state index in [9.17, 15) is 20.1 Å². The number of hydrogen-bond donors (Lipinski definition) is 3. The van der Waals surface area contributed by atoms with Crippen molar-refractivity contribution in [2.75, 3.05) is 0 Å². The molecule has 0 amide bonds. The maximum Gasteiger partial charge on any atom is 0.335 e. The molecule has 11 atom stereocenters. The van der Waals surface area contributed by atoms with Gasteiger partial charge in [-0.05, 0) is 122 Å². The van der Waals surface area contributed by atoms with Gasteiger partial charge in [-0.25, -0.2) is 4.79 Å². The maximum absolute atomic E-state index is 11.9. The van der Waals surface area contributed by atoms with Crippen molar-refractivity contribution in [2.45, 2.75) is 124 Å². The van der Waals surface area contributed by atoms with E-state index in [2.05, 4.69) is 41.5 Å². The van der Waals surface area contributed by atoms with Crippen LogP contribution in [-0.2, 0) is 4.79 Å². The molecule has 0 unspecified atom stereocenters. The van der Waals surface area contributed by atoms with Gasteiger partial charge in [0, 0.05) is 5.92 Å². The molecule has 0 aromatic rings. The Morgan fingerprint density at radius 3 is 1.85 bits per heavy atom. The zero-order valence-corrected chi connectivity index (χ0v) is 22.8. The zero-order valence-electron chi connectivity index (χ0n) is 22.8. The largest absolute Gasteiger partial charge is 0.479 e. The first-order chi connectivity index (χ1) is 15.6. The molecule has 34 heavy (non-hydrogen) atoms. The summed E-state index contributed by atoms with van der Waals surface area (Å²) in [6.45, 7) is 16.4. The number of carboxylic acid groups (broad SMARTS) is 1. The van der Waals surface area contributed by atoms with Crippen molar-refractivity contribution in [3.05, 3.63) is 0 Å². The summed E-state index contributed by atoms with van der Waals surface area (Å²) in [5.41, 5.74) is -0.716. The molecule has 0 heterocycles. The minimum Gasteiger partial charge on any atom is -0.479 e. The lowest BCUT2D eigenvalue weighted by molar-refractivity contribution is -0.253. The van der Waals surface area contributed by atoms with Crippen LogP contribution in [0.1, 0.15) is 113 Å². The fraction of sp³-hybridized carbons (Fsp3) is 0.967. The van der Waals surface area contributed by atoms with Crippen LogP contribution in [0.3, 0.4) is 0 Å². The molecule has 5 saturated carbocycles. The molecule has 5 aliphatic carbocycles. The number of fused-ring (bicyclic) bond motifs is 7. The van der Waals surface area contributed by atoms with E-state index in [0.717, 1.165) is 38.5 Å². The topological polar surface area (TPSA) is 77.8 Å². The summed E-state index contributed by atoms with van der Waals surface area (Å²) in [7, 11) is 0. The second kappa shape index (κ2) is 7.24. The zero-order chi connectivity index (χ0) is 25.1. The van der Waals surface area contributed by atoms with E-state index in [1.807, 2.05) is 0 Å². The van der Waals surface area contributed by atoms with Gasteiger partial charge >= 0.3 is 5.97 Å². The van der Waals surface area contributed by atoms with E-state index >= 15 is 0 Å². The average molecular weight is 475 g/mol. The lowest BCUT2D eigenvalue weighted by atomic mass is 9.32. The summed E-state index contributed by atoms with van der Waals surface area (Å²) in [5, 5.41) is 31.6. The summed E-state index contributed by atoms with van der Waals surface area (Å²) in [6, 6.07) is 0. The predicted molar refractivity (Wildman–Crippen MR) is 134 cm³/mol. The molecule has 0 radical (unpaired) electrons. The summed E-state index contributed by atoms with van der Waals surface area (Å²) < 4.78 is 0. The predicted octanol–water partition coefficient (Wildman–Crippen LogP) is 6.28. The van der Waals surface area contributed by atoms with Crippen LogP contribution in [-0.4, -0.2) is 33.0 Å². The number of carbonyl (C=O) groups is 1. The van der Waals surface area contributed by atoms with Gasteiger partial charge in [-0.2, -0.15) is 0 Å². The minimum atomic E-state index is -1.63. The van der Waals surface area contributed by atoms with Gasteiger partial charge in [-0.3, -0.25) is 0 Å². The molecule has 0 aliphatic heterocycles. The van der Waals surface area contributed by atoms with Crippen molar-refractivity contribution in [3.63, 3.8) is 0 Å². The SMILES string of the molecule is CC1(C)[C@H]2CC[C@]3(C)[C@H](CC[C@@H]4[C@@]5(C)CC[C@H]([C@](C)(O)C(=O)O)[C@@H]5CC[C@]43C)[C@@]2(C)CC[C@@H]1O. The van der Waals surface area contributed by atoms with Crippen LogP contribution < -0.4 is 0 Å². The van der Waals surface area contributed by atoms with Crippen LogP contribution in [0.4, 0.5) is 0 Å². The molecule has 0 saturated heterocycles. The fourth-order valence-corrected chi connectivity index (χ4v) is 12.0. The Kier molecular flexibility index (Phi) is 5.34. The number of aliphatic hydroxyl groups excluding tert-OH is 1. The van der Waals surface area contributed by atoms with Crippen molar-refractivity contribution < 1.29 is 20.1 Å². The summed E-state index contributed by atoms with van der Waals surface area (Å²) in [4.78, 5) is 11.9. The monoisotopic (exact) mass is 474 g/mol. The van der Waals surface area contributed by atoms with E-state index in [1.165, 1.54) is 25.7 Å². The van der Waals surface area contributed by atoms with E-state index in [1.54, 1.807) is 6.92 Å². The smallest absolute Gasteiger partial charge is 0.335 e. The Morgan fingerprint density at radius 2 is 1.26 bits per heavy atom. The van der Waals surface area contributed by atoms with Gasteiger partial charge in [-0.1, -0.05) is 41.5 Å². The highest BCUT2D eigenvalue weighted by Gasteiger charge is 2.71. The van der Waals surface area contributed by atoms with E-state index in [-0.39, 0.29) is 39.1 Å². The normalized spacial score (nSPS) is 55.8. The van der Waals surface area contributed by atoms with Gasteiger partial charge in [-0.15, -0.1) is 0 Å². The van der Waals surface area contributed by atoms with Crippen molar-refractivity contribution in [1.82, 2.24) is 0 Å². The Hall–Kier alpha value is -0.610. The molecule has 3 N–H and O–H groups in total. The van der Waals surface area contributed by atoms with Crippen molar-refractivity contribution in [1.29, 1.82) is 0 Å². The highest BCUT2D eigenvalue weighted by molar-refractivity contribution is 5.77. The first-order valence-corrected chi connectivity index (χ1v) is 14.2. The lowest BCUT2D eigenvalue weighted by Crippen LogP contribution is -2.67. The molecule has 4 heteroatoms. The summed E-state index contributed by atoms with van der Waals surface area (Å²) in [6.07, 6.45) is 10.9. The Bertz CT molecular complexity index is 864. The quantitative estimate of drug-likeness (QED) is 0.440. The standard InChI is InChI=1S/C30H50O4/c1-25(2)20-12-17-29(6)22(27(20,4)15-13-23(25)31)9-8-21-26(3)14-10-19(30(7,34)24(32)33)18(26)11-16-28(21,29)5/h18-23,31,34H,8-17H2,1-7H3,(H,32,33)/t18-,19-,20+,21+,22+,23-,26-,27-,28+,29+,30-/m0/s1. The molecule has 194 valence electrons. The van der Waals surface area contributed by atoms with E-state index in [4.69, 9.17) is 0 Å². The molecular weight excluding hydrogens is 424 g/mol. The van der Waals surface area contributed by atoms with E-state index < -0.39 is 11.6 Å². The van der Waals surface area contributed by atoms with E-state index in [0.29, 0.717) is 23.7 Å². The minimum absolute atomic E-state index is 0.0171. The number of hydrogen-bond acceptors (Lipinski definition) is 3. The first kappa shape index (κ1) is 25.1. The third-order valence-electron chi connectivity index (χ3n) is 14.1. The Morgan fingerprint density at radius 1 is 0.735 bits per heavy atom. The summed E-state index contributed by atoms with van der Waals surface area (Å²) in [5.74, 6) is 0.962. The number of carboxylic acids is 1. The second-order valence-corrected chi connectivity index (χ2v) is 15.2. The maximum atomic E-state index is 11.9. The van der Waals surface area contributed by atoms with Gasteiger partial charge in [0.25, 0.3) is 0 Å². The molecule has 0 bridgehead atoms. The first-order valence-electron chi connectivity index (χ1n) is 14.2. The van der Waals surface area contributed by atoms with Crippen LogP contribution in [0.5, 0.6) is 0 Å². The molecule has 0 aromatic heterocycles. The highest BCUT2D eigenvalue weighted by Crippen LogP contribution is 2.78. The number of aliphatic hydroxyl groups is 2. The molecule has 4 nitrogen and oxygen atoms in total. The van der Waals surface area contributed by atoms with Gasteiger partial charge in [0.2, 0.25) is 0 Å². The van der Waals surface area contributed by atoms with Gasteiger partial charge < -0.3 is 15.3 Å². The molecule has 5 fully saturated rings. The van der Waals surface area contributed by atoms with Crippen molar-refractivity contribution in [3.8, 4) is 0 Å². The van der Waals surface area contributed by atoms with Crippen molar-refractivity contribution >= 4 is 5.97 Å². The average Bonchev–Trinajstić information content (AvgIpc) is 3.09. The molecule has 0 spiro atoms. The molecule has 5 aliphatic rings. The lowest BCUT2D eigenvalue weighted by Gasteiger charge is -2.73. The highest BCUT2D eigenvalue weighted by atomic mass is 16.4. The van der Waals surface area contributed by atoms with Gasteiger partial charge in [0.15, 0.2) is 5.60 Å². The van der Waals surface area contributed by atoms with Crippen LogP contribution >= 0.6 is 0 Å². The van der Waals surface area contributed by atoms with Crippen LogP contribution in [0.2, 0.25) is 0 Å². The second-order valence-electron chi connectivity index (χ2n) is 15.2. The number of aliphatic carboxylic acids is 1. The van der Waals surface area contributed by atoms with Gasteiger partial charge in [0.1, 0.15) is 0 Å². The van der Waals surface area contributed by atoms with Crippen molar-refractivity contribution in [2.24, 2.45) is 56.7 Å². The number of rotatable bonds is 2. The summed E-state index contributed by atoms with van der Waals surface area (Å²) >= 11 is 0. The Labute approximate surface area is 207 Å². The third-order valence-corrected chi connectivity index (χ3v) is 14.1. The Balaban J connectivity index is 1.50. The fourth-order valence-electron chi connectivity index (χ4n) is 12.0. The van der Waals surface area contributed by atoms with Crippen LogP contribution in [0, 0.1) is 56.7 Å². The molecule has 0 aromatic carbocycles. The van der Waals surface area contributed by atoms with Gasteiger partial charge in [0.05, 0.1) is 6.10 Å².